The van der Waals surface area contributed by atoms with E-state index in [2.05, 4.69) is 53.3 Å². The summed E-state index contributed by atoms with van der Waals surface area (Å²) in [5, 5.41) is 3.45. The Bertz CT molecular complexity index is 695. The molecule has 0 radical (unpaired) electrons. The van der Waals surface area contributed by atoms with E-state index in [1.54, 1.807) is 0 Å². The number of hydrogen-bond donors (Lipinski definition) is 1. The van der Waals surface area contributed by atoms with E-state index >= 15 is 0 Å². The minimum absolute atomic E-state index is 0. The van der Waals surface area contributed by atoms with E-state index < -0.39 is 0 Å². The SMILES string of the molecule is CN=C(NCCCC(=O)N1CCc2ccccc2C1)N1CCSC(C)(C)C1.I. The molecular formula is C21H33IN4OS. The quantitative estimate of drug-likeness (QED) is 0.289. The normalized spacial score (nSPS) is 18.9. The zero-order chi connectivity index (χ0) is 19.3. The van der Waals surface area contributed by atoms with Gasteiger partial charge in [-0.25, -0.2) is 0 Å². The first-order chi connectivity index (χ1) is 13.0. The molecule has 5 nitrogen and oxygen atoms in total. The van der Waals surface area contributed by atoms with Crippen molar-refractivity contribution in [2.45, 2.75) is 44.4 Å². The van der Waals surface area contributed by atoms with E-state index in [0.717, 1.165) is 57.3 Å². The Morgan fingerprint density at radius 1 is 1.21 bits per heavy atom. The lowest BCUT2D eigenvalue weighted by atomic mass is 9.99. The molecule has 1 aromatic carbocycles. The molecule has 0 spiro atoms. The number of carbonyl (C=O) groups excluding carboxylic acids is 1. The number of halogens is 1. The highest BCUT2D eigenvalue weighted by molar-refractivity contribution is 14.0. The molecule has 156 valence electrons. The molecule has 1 amide bonds. The minimum atomic E-state index is 0. The highest BCUT2D eigenvalue weighted by Crippen LogP contribution is 2.29. The van der Waals surface area contributed by atoms with Crippen molar-refractivity contribution in [2.75, 3.05) is 39.0 Å². The van der Waals surface area contributed by atoms with Gasteiger partial charge in [-0.15, -0.1) is 24.0 Å². The van der Waals surface area contributed by atoms with Crippen molar-refractivity contribution in [3.63, 3.8) is 0 Å². The number of thioether (sulfide) groups is 1. The molecule has 1 fully saturated rings. The number of carbonyl (C=O) groups is 1. The van der Waals surface area contributed by atoms with Gasteiger partial charge in [-0.2, -0.15) is 11.8 Å². The third-order valence-electron chi connectivity index (χ3n) is 5.27. The Morgan fingerprint density at radius 3 is 2.68 bits per heavy atom. The molecule has 0 aromatic heterocycles. The Morgan fingerprint density at radius 2 is 1.96 bits per heavy atom. The Labute approximate surface area is 190 Å². The first-order valence-electron chi connectivity index (χ1n) is 9.92. The highest BCUT2D eigenvalue weighted by atomic mass is 127. The van der Waals surface area contributed by atoms with Crippen molar-refractivity contribution < 1.29 is 4.79 Å². The van der Waals surface area contributed by atoms with Crippen LogP contribution in [0, 0.1) is 0 Å². The summed E-state index contributed by atoms with van der Waals surface area (Å²) in [6.07, 6.45) is 2.39. The summed E-state index contributed by atoms with van der Waals surface area (Å²) in [7, 11) is 1.84. The molecule has 7 heteroatoms. The molecule has 3 rings (SSSR count). The van der Waals surface area contributed by atoms with Crippen molar-refractivity contribution in [1.29, 1.82) is 0 Å². The van der Waals surface area contributed by atoms with Gasteiger partial charge in [-0.3, -0.25) is 9.79 Å². The number of fused-ring (bicyclic) bond motifs is 1. The summed E-state index contributed by atoms with van der Waals surface area (Å²) in [6, 6.07) is 8.45. The molecule has 1 aromatic rings. The number of nitrogens with zero attached hydrogens (tertiary/aromatic N) is 3. The molecular weight excluding hydrogens is 483 g/mol. The first-order valence-corrected chi connectivity index (χ1v) is 10.9. The van der Waals surface area contributed by atoms with E-state index in [0.29, 0.717) is 6.42 Å². The Hall–Kier alpha value is -0.960. The predicted molar refractivity (Wildman–Crippen MR) is 130 cm³/mol. The molecule has 2 aliphatic rings. The average Bonchev–Trinajstić information content (AvgIpc) is 2.66. The molecule has 2 heterocycles. The van der Waals surface area contributed by atoms with Crippen LogP contribution < -0.4 is 5.32 Å². The molecule has 28 heavy (non-hydrogen) atoms. The fraction of sp³-hybridized carbons (Fsp3) is 0.619. The van der Waals surface area contributed by atoms with Crippen molar-refractivity contribution in [3.05, 3.63) is 35.4 Å². The van der Waals surface area contributed by atoms with Crippen molar-refractivity contribution >= 4 is 47.6 Å². The van der Waals surface area contributed by atoms with E-state index in [9.17, 15) is 4.79 Å². The van der Waals surface area contributed by atoms with Gasteiger partial charge in [-0.1, -0.05) is 24.3 Å². The summed E-state index contributed by atoms with van der Waals surface area (Å²) in [4.78, 5) is 21.3. The minimum Gasteiger partial charge on any atom is -0.356 e. The smallest absolute Gasteiger partial charge is 0.222 e. The van der Waals surface area contributed by atoms with Crippen LogP contribution >= 0.6 is 35.7 Å². The maximum atomic E-state index is 12.6. The maximum Gasteiger partial charge on any atom is 0.222 e. The van der Waals surface area contributed by atoms with Gasteiger partial charge in [0.25, 0.3) is 0 Å². The van der Waals surface area contributed by atoms with Crippen LogP contribution in [0.4, 0.5) is 0 Å². The predicted octanol–water partition coefficient (Wildman–Crippen LogP) is 3.37. The molecule has 1 saturated heterocycles. The number of guanidine groups is 1. The monoisotopic (exact) mass is 516 g/mol. The van der Waals surface area contributed by atoms with E-state index in [-0.39, 0.29) is 34.6 Å². The van der Waals surface area contributed by atoms with Gasteiger partial charge >= 0.3 is 0 Å². The van der Waals surface area contributed by atoms with Gasteiger partial charge in [0.15, 0.2) is 5.96 Å². The first kappa shape index (κ1) is 23.3. The standard InChI is InChI=1S/C21H32N4OS.HI/c1-21(2)16-25(13-14-27-21)20(22-3)23-11-6-9-19(26)24-12-10-17-7-4-5-8-18(17)15-24;/h4-5,7-8H,6,9-16H2,1-3H3,(H,22,23);1H. The summed E-state index contributed by atoms with van der Waals surface area (Å²) in [5.41, 5.74) is 2.68. The lowest BCUT2D eigenvalue weighted by Crippen LogP contribution is -2.51. The van der Waals surface area contributed by atoms with Crippen LogP contribution in [-0.4, -0.2) is 65.4 Å². The second kappa shape index (κ2) is 10.7. The third-order valence-corrected chi connectivity index (χ3v) is 6.57. The number of benzene rings is 1. The zero-order valence-corrected chi connectivity index (χ0v) is 20.4. The number of nitrogens with one attached hydrogen (secondary N) is 1. The molecule has 0 saturated carbocycles. The average molecular weight is 516 g/mol. The number of hydrogen-bond acceptors (Lipinski definition) is 3. The van der Waals surface area contributed by atoms with Crippen LogP contribution in [0.5, 0.6) is 0 Å². The molecule has 0 bridgehead atoms. The van der Waals surface area contributed by atoms with Crippen molar-refractivity contribution in [1.82, 2.24) is 15.1 Å². The maximum absolute atomic E-state index is 12.6. The van der Waals surface area contributed by atoms with Gasteiger partial charge in [0, 0.05) is 56.7 Å². The topological polar surface area (TPSA) is 47.9 Å². The largest absolute Gasteiger partial charge is 0.356 e. The number of aliphatic imine (C=N–C) groups is 1. The summed E-state index contributed by atoms with van der Waals surface area (Å²) in [6.45, 7) is 8.98. The van der Waals surface area contributed by atoms with Crippen LogP contribution in [0.1, 0.15) is 37.8 Å². The fourth-order valence-corrected chi connectivity index (χ4v) is 4.95. The van der Waals surface area contributed by atoms with Crippen LogP contribution in [0.25, 0.3) is 0 Å². The van der Waals surface area contributed by atoms with Crippen LogP contribution in [0.3, 0.4) is 0 Å². The molecule has 0 aliphatic carbocycles. The lowest BCUT2D eigenvalue weighted by Gasteiger charge is -2.39. The van der Waals surface area contributed by atoms with Gasteiger partial charge in [-0.05, 0) is 37.8 Å². The summed E-state index contributed by atoms with van der Waals surface area (Å²) in [5.74, 6) is 2.35. The summed E-state index contributed by atoms with van der Waals surface area (Å²) < 4.78 is 0.260. The van der Waals surface area contributed by atoms with Crippen LogP contribution in [0.15, 0.2) is 29.3 Å². The van der Waals surface area contributed by atoms with Crippen molar-refractivity contribution in [3.8, 4) is 0 Å². The second-order valence-corrected chi connectivity index (χ2v) is 9.74. The van der Waals surface area contributed by atoms with E-state index in [1.165, 1.54) is 11.1 Å². The van der Waals surface area contributed by atoms with Gasteiger partial charge in [0.2, 0.25) is 5.91 Å². The molecule has 2 aliphatic heterocycles. The summed E-state index contributed by atoms with van der Waals surface area (Å²) >= 11 is 2.02. The van der Waals surface area contributed by atoms with Crippen LogP contribution in [0.2, 0.25) is 0 Å². The van der Waals surface area contributed by atoms with E-state index in [4.69, 9.17) is 0 Å². The van der Waals surface area contributed by atoms with Crippen LogP contribution in [-0.2, 0) is 17.8 Å². The Balaban J connectivity index is 0.00000280. The second-order valence-electron chi connectivity index (χ2n) is 7.94. The fourth-order valence-electron chi connectivity index (χ4n) is 3.84. The number of rotatable bonds is 4. The molecule has 0 unspecified atom stereocenters. The van der Waals surface area contributed by atoms with Gasteiger partial charge in [0.1, 0.15) is 0 Å². The molecule has 0 atom stereocenters. The third kappa shape index (κ3) is 6.27. The Kier molecular flexibility index (Phi) is 8.92. The molecule has 1 N–H and O–H groups in total. The zero-order valence-electron chi connectivity index (χ0n) is 17.2. The van der Waals surface area contributed by atoms with Gasteiger partial charge in [0.05, 0.1) is 0 Å². The highest BCUT2D eigenvalue weighted by Gasteiger charge is 2.28. The van der Waals surface area contributed by atoms with Gasteiger partial charge < -0.3 is 15.1 Å². The lowest BCUT2D eigenvalue weighted by molar-refractivity contribution is -0.132. The van der Waals surface area contributed by atoms with Crippen molar-refractivity contribution in [2.24, 2.45) is 4.99 Å². The number of amides is 1. The van der Waals surface area contributed by atoms with E-state index in [1.807, 2.05) is 23.7 Å².